The molecule has 23 rings (SSSR count). The van der Waals surface area contributed by atoms with Gasteiger partial charge >= 0.3 is 64.9 Å². The molecule has 13 aromatic carbocycles. The monoisotopic (exact) mass is 2440 g/mol. The van der Waals surface area contributed by atoms with Crippen LogP contribution in [-0.4, -0.2) is 124 Å². The summed E-state index contributed by atoms with van der Waals surface area (Å²) in [6.07, 6.45) is 1.90. The van der Waals surface area contributed by atoms with Gasteiger partial charge in [0.25, 0.3) is 40.1 Å². The zero-order valence-electron chi connectivity index (χ0n) is 73.4. The van der Waals surface area contributed by atoms with Crippen molar-refractivity contribution in [3.8, 4) is 11.1 Å². The van der Waals surface area contributed by atoms with Crippen LogP contribution in [0.5, 0.6) is 0 Å². The Balaban J connectivity index is 0.000000167. The van der Waals surface area contributed by atoms with Crippen molar-refractivity contribution in [2.24, 2.45) is 0 Å². The number of benzene rings is 13. The third kappa shape index (κ3) is 27.7. The summed E-state index contributed by atoms with van der Waals surface area (Å²) in [7, 11) is -1.36. The van der Waals surface area contributed by atoms with Gasteiger partial charge in [-0.2, -0.15) is 0 Å². The molecule has 0 saturated carbocycles. The van der Waals surface area contributed by atoms with E-state index in [1.165, 1.54) is 47.4 Å². The first kappa shape index (κ1) is 116. The van der Waals surface area contributed by atoms with Gasteiger partial charge in [-0.15, -0.1) is 45.8 Å². The molecule has 2 aliphatic rings. The first-order valence-electron chi connectivity index (χ1n) is 40.4. The summed E-state index contributed by atoms with van der Waals surface area (Å²) < 4.78 is 19.2. The second-order valence-electron chi connectivity index (χ2n) is 29.2. The molecule has 10 heterocycles. The number of aromatic nitrogens is 10. The summed E-state index contributed by atoms with van der Waals surface area (Å²) in [5, 5.41) is 51.0. The number of thiophene rings is 3. The number of nitrogens with two attached hydrogens (primary N) is 1. The average molecular weight is 2450 g/mol. The van der Waals surface area contributed by atoms with Gasteiger partial charge in [-0.3, -0.25) is 63.6 Å². The van der Waals surface area contributed by atoms with E-state index in [-0.39, 0.29) is 81.0 Å². The molecule has 0 bridgehead atoms. The molecule has 21 aromatic rings. The Bertz CT molecular complexity index is 9040. The van der Waals surface area contributed by atoms with Gasteiger partial charge in [0, 0.05) is 99.6 Å². The zero-order chi connectivity index (χ0) is 102. The van der Waals surface area contributed by atoms with Crippen LogP contribution >= 0.6 is 195 Å². The van der Waals surface area contributed by atoms with Crippen LogP contribution in [-0.2, 0) is 14.2 Å². The van der Waals surface area contributed by atoms with Crippen molar-refractivity contribution in [1.29, 1.82) is 0 Å². The van der Waals surface area contributed by atoms with Gasteiger partial charge in [0.05, 0.1) is 77.5 Å². The van der Waals surface area contributed by atoms with E-state index in [1.54, 1.807) is 125 Å². The number of carboxylic acid groups (broad SMARTS) is 1. The number of anilines is 3. The molecular formula is C96H67BBr4Cl7N13NaO18PS4. The quantitative estimate of drug-likeness (QED) is 0.00895. The topological polar surface area (TPSA) is 532 Å². The molecule has 0 unspecified atom stereocenters. The molecule has 49 heteroatoms. The minimum Gasteiger partial charge on any atom is -0.870 e. The molecule has 145 heavy (non-hydrogen) atoms. The van der Waals surface area contributed by atoms with Crippen LogP contribution in [0.2, 0.25) is 20.9 Å². The third-order valence-corrected chi connectivity index (χ3v) is 28.3. The fraction of sp³-hybridized carbons (Fsp3) is 0.0312. The van der Waals surface area contributed by atoms with Gasteiger partial charge < -0.3 is 51.9 Å². The molecule has 0 atom stereocenters. The maximum Gasteiger partial charge on any atom is 1.00 e. The number of halogens is 11. The number of H-pyrrole nitrogens is 6. The molecule has 0 spiro atoms. The van der Waals surface area contributed by atoms with Gasteiger partial charge in [0.2, 0.25) is 10.6 Å². The number of Topliss-reactive ketones (excluding diaryl/α,β-unsaturated/α-hetero) is 2. The normalized spacial score (nSPS) is 11.2. The van der Waals surface area contributed by atoms with E-state index in [1.807, 2.05) is 128 Å². The number of thioether (sulfide) groups is 1. The Hall–Kier alpha value is -11.0. The van der Waals surface area contributed by atoms with Crippen LogP contribution in [0.25, 0.3) is 126 Å². The predicted octanol–water partition coefficient (Wildman–Crippen LogP) is 21.6. The van der Waals surface area contributed by atoms with Crippen LogP contribution in [0.4, 0.5) is 17.1 Å². The van der Waals surface area contributed by atoms with Crippen molar-refractivity contribution in [1.82, 2.24) is 49.8 Å². The fourth-order valence-electron chi connectivity index (χ4n) is 14.5. The molecule has 0 saturated heterocycles. The largest absolute Gasteiger partial charge is 1.00 e. The zero-order valence-corrected chi connectivity index (χ0v) is 91.2. The van der Waals surface area contributed by atoms with Crippen molar-refractivity contribution in [3.63, 3.8) is 0 Å². The van der Waals surface area contributed by atoms with Gasteiger partial charge in [-0.25, -0.2) is 39.1 Å². The summed E-state index contributed by atoms with van der Waals surface area (Å²) in [4.78, 5) is 156. The number of rotatable bonds is 4. The van der Waals surface area contributed by atoms with E-state index >= 15 is 0 Å². The van der Waals surface area contributed by atoms with Crippen molar-refractivity contribution < 1.29 is 89.2 Å². The molecule has 734 valence electrons. The Labute approximate surface area is 923 Å². The van der Waals surface area contributed by atoms with Crippen LogP contribution in [0.1, 0.15) is 44.1 Å². The first-order chi connectivity index (χ1) is 67.8. The number of fused-ring (bicyclic) bond motifs is 19. The number of para-hydroxylation sites is 4. The number of carbonyl (C=O) groups excluding carboxylic acids is 4. The van der Waals surface area contributed by atoms with Crippen molar-refractivity contribution >= 4 is 369 Å². The number of nitrogen functional groups attached to an aromatic ring is 1. The van der Waals surface area contributed by atoms with E-state index in [2.05, 4.69) is 194 Å². The number of hydrogen-bond donors (Lipinski definition) is 14. The minimum atomic E-state index is -3.22. The number of aromatic carboxylic acids is 1. The number of nitrogens with zero attached hydrogens (tertiary/aromatic N) is 4. The van der Waals surface area contributed by atoms with Gasteiger partial charge in [0.1, 0.15) is 10.3 Å². The molecule has 8 aromatic heterocycles. The van der Waals surface area contributed by atoms with Crippen LogP contribution in [0.15, 0.2) is 300 Å². The van der Waals surface area contributed by atoms with E-state index in [4.69, 9.17) is 77.8 Å². The summed E-state index contributed by atoms with van der Waals surface area (Å²) >= 11 is 57.5. The van der Waals surface area contributed by atoms with Crippen molar-refractivity contribution in [3.05, 3.63) is 372 Å². The van der Waals surface area contributed by atoms with Crippen LogP contribution in [0, 0.1) is 6.92 Å². The number of aryl methyl sites for hydroxylation is 1. The summed E-state index contributed by atoms with van der Waals surface area (Å²) in [6, 6.07) is 77.0. The molecule has 2 aliphatic heterocycles. The number of ketones is 2. The van der Waals surface area contributed by atoms with E-state index in [0.29, 0.717) is 84.4 Å². The molecule has 16 N–H and O–H groups in total. The Kier molecular flexibility index (Phi) is 41.6. The SMILES string of the molecule is C.CSc1ccccc1B(O)O.Cc1ccccc1-c1cccc2c(=O)[nH]c(=O)[nH]c12.Clc1nc(Cl)c2c(ccc3sc4ccccc4c32)n1.Clc1nc(Cl)c2ccc3sc4ccccc4c3c2n1.Nc1c(Br)cccc1C(=O)O.O=C1Nc2c(Br)cccc2C1=O.O=C1Nc2cccc(Br)c2C1=O.O=P(Cl)(Cl)Cl.O=c1[nH]c(=O)c2ccc3sc4ccccc4c3c2[nH]1.O=c1[nH]c(=O)c2cccc(Br)c2[nH]1.OO.[Na+].[OH-]. The Morgan fingerprint density at radius 2 is 0.855 bits per heavy atom. The Morgan fingerprint density at radius 1 is 0.428 bits per heavy atom. The van der Waals surface area contributed by atoms with Gasteiger partial charge in [0.15, 0.2) is 0 Å². The standard InChI is InChI=1S/C15H12N2O2.2C14H6Cl2N2S.C14H8N2O2S.C8H5BrN2O2.2C8H4BrNO2.C7H9BO2S.C7H6BrNO2.CH4.Cl3OP.Na.H2O2.H2O/c1-9-5-2-3-6-10(9)11-7-4-8-12-13(11)16-15(19)17-14(12)18;15-13-12-8(17-14(16)18-13)5-6-10-11(12)7-3-1-2-4-9(7)19-10;15-13-8-5-6-10-11(12(8)17-14(16)18-13)7-3-1-2-4-9(7)19-10;17-13-8-5-6-10-11(12(8)15-14(18)16-13)7-3-1-2-4-9(7)19-10;9-5-3-1-2-4-6(5)10-8(13)11-7(4)12;9-4-2-1-3-5-6(4)7(11)8(12)10-5;9-5-3-1-2-4-6(5)10-8(12)7(4)11;1-11-7-5-3-2-4-6(7)8(9)10;8-5-3-1-2-4(6(5)9)7(10)11;;1-5(2,3)4;;1-2;/h2-8H,1H3,(H2,16,17,18,19);2*1-6H;1-6H,(H2,15,16,17,18);1-3H,(H2,10,11,12,13);2*1-3H,(H,10,11,12);2-5,9-10H,1H3;1-3H,9H2,(H,10,11);1H4;;;1-2H;1H2/q;;;;;;;;;;;+1;;/p-1. The number of nitrogens with one attached hydrogen (secondary N) is 8. The van der Waals surface area contributed by atoms with Crippen molar-refractivity contribution in [2.45, 2.75) is 19.2 Å². The molecule has 0 radical (unpaired) electrons. The fourth-order valence-corrected chi connectivity index (χ4v) is 21.2. The van der Waals surface area contributed by atoms with E-state index in [0.717, 1.165) is 78.8 Å². The van der Waals surface area contributed by atoms with E-state index in [9.17, 15) is 57.3 Å². The second-order valence-corrected chi connectivity index (χ2v) is 44.8. The van der Waals surface area contributed by atoms with Gasteiger partial charge in [-0.05, 0) is 266 Å². The smallest absolute Gasteiger partial charge is 0.870 e. The van der Waals surface area contributed by atoms with Crippen LogP contribution < -0.4 is 85.1 Å². The third-order valence-electron chi connectivity index (χ3n) is 20.5. The maximum absolute atomic E-state index is 11.8. The number of aromatic amines is 6. The van der Waals surface area contributed by atoms with Crippen LogP contribution in [0.3, 0.4) is 0 Å². The number of amides is 2. The molecule has 2 amide bonds. The predicted molar refractivity (Wildman–Crippen MR) is 598 cm³/mol. The first-order valence-corrected chi connectivity index (χ1v) is 53.2. The maximum atomic E-state index is 11.8. The number of hydrogen-bond acceptors (Lipinski definition) is 26. The van der Waals surface area contributed by atoms with Gasteiger partial charge in [-0.1, -0.05) is 164 Å². The second kappa shape index (κ2) is 52.0. The summed E-state index contributed by atoms with van der Waals surface area (Å²) in [6.45, 7) is 2.00. The molecule has 0 aliphatic carbocycles. The molecular weight excluding hydrogens is 2380 g/mol. The Morgan fingerprint density at radius 3 is 1.42 bits per heavy atom. The van der Waals surface area contributed by atoms with E-state index < -0.39 is 58.7 Å². The number of carbonyl (C=O) groups is 5. The number of carboxylic acids is 1. The average Bonchev–Trinajstić information content (AvgIpc) is 1.61. The summed E-state index contributed by atoms with van der Waals surface area (Å²) in [5.41, 5.74) is 12.2. The van der Waals surface area contributed by atoms with Crippen molar-refractivity contribution in [2.75, 3.05) is 22.6 Å². The molecule has 31 nitrogen and oxygen atoms in total. The summed E-state index contributed by atoms with van der Waals surface area (Å²) in [5.74, 6) is -3.07. The molecule has 0 fully saturated rings. The minimum absolute atomic E-state index is 0.